The molecular weight excluding hydrogens is 264 g/mol. The third kappa shape index (κ3) is 4.63. The van der Waals surface area contributed by atoms with Gasteiger partial charge in [0.05, 0.1) is 20.6 Å². The number of esters is 2. The molecule has 1 aromatic rings. The summed E-state index contributed by atoms with van der Waals surface area (Å²) in [6.07, 6.45) is -0.305. The Morgan fingerprint density at radius 2 is 1.80 bits per heavy atom. The molecule has 0 fully saturated rings. The van der Waals surface area contributed by atoms with Crippen LogP contribution in [0.15, 0.2) is 11.2 Å². The van der Waals surface area contributed by atoms with Gasteiger partial charge in [0.2, 0.25) is 5.95 Å². The van der Waals surface area contributed by atoms with Gasteiger partial charge in [-0.15, -0.1) is 0 Å². The number of hydrogen-bond donors (Lipinski definition) is 1. The van der Waals surface area contributed by atoms with Crippen LogP contribution in [-0.2, 0) is 19.1 Å². The van der Waals surface area contributed by atoms with Crippen LogP contribution in [0.4, 0.5) is 5.95 Å². The molecular formula is C12H16N4O4. The summed E-state index contributed by atoms with van der Waals surface area (Å²) in [6, 6.07) is 1.80. The van der Waals surface area contributed by atoms with Crippen molar-refractivity contribution in [3.05, 3.63) is 17.5 Å². The van der Waals surface area contributed by atoms with E-state index in [4.69, 9.17) is 0 Å². The number of aromatic nitrogens is 2. The first-order chi connectivity index (χ1) is 9.46. The Balaban J connectivity index is 2.90. The van der Waals surface area contributed by atoms with Gasteiger partial charge in [-0.2, -0.15) is 5.10 Å². The molecule has 0 saturated heterocycles. The van der Waals surface area contributed by atoms with E-state index in [1.807, 2.05) is 0 Å². The molecule has 1 aromatic heterocycles. The smallest absolute Gasteiger partial charge is 0.354 e. The van der Waals surface area contributed by atoms with Crippen molar-refractivity contribution in [3.63, 3.8) is 0 Å². The molecule has 0 aliphatic rings. The number of nitrogens with one attached hydrogen (secondary N) is 1. The SMILES string of the molecule is COC(=O)C/C(=N\Nc1nc(C)cc(C)n1)C(=O)OC. The van der Waals surface area contributed by atoms with Crippen LogP contribution in [0.25, 0.3) is 0 Å². The summed E-state index contributed by atoms with van der Waals surface area (Å²) in [4.78, 5) is 30.9. The number of carbonyl (C=O) groups excluding carboxylic acids is 2. The lowest BCUT2D eigenvalue weighted by atomic mass is 10.3. The van der Waals surface area contributed by atoms with E-state index in [0.29, 0.717) is 0 Å². The molecule has 0 atom stereocenters. The minimum atomic E-state index is -0.729. The minimum Gasteiger partial charge on any atom is -0.469 e. The van der Waals surface area contributed by atoms with Crippen molar-refractivity contribution in [2.45, 2.75) is 20.3 Å². The molecule has 108 valence electrons. The number of ether oxygens (including phenoxy) is 2. The van der Waals surface area contributed by atoms with Crippen molar-refractivity contribution < 1.29 is 19.1 Å². The minimum absolute atomic E-state index is 0.123. The van der Waals surface area contributed by atoms with Crippen LogP contribution in [0.2, 0.25) is 0 Å². The van der Waals surface area contributed by atoms with E-state index in [-0.39, 0.29) is 18.1 Å². The van der Waals surface area contributed by atoms with Gasteiger partial charge >= 0.3 is 11.9 Å². The second-order valence-electron chi connectivity index (χ2n) is 3.89. The molecule has 0 bridgehead atoms. The molecule has 0 aliphatic heterocycles. The van der Waals surface area contributed by atoms with Crippen molar-refractivity contribution in [2.24, 2.45) is 5.10 Å². The number of nitrogens with zero attached hydrogens (tertiary/aromatic N) is 3. The molecule has 0 amide bonds. The first kappa shape index (κ1) is 15.5. The second-order valence-corrected chi connectivity index (χ2v) is 3.89. The van der Waals surface area contributed by atoms with Crippen LogP contribution in [0, 0.1) is 13.8 Å². The number of carbonyl (C=O) groups is 2. The zero-order valence-corrected chi connectivity index (χ0v) is 11.8. The molecule has 0 aliphatic carbocycles. The van der Waals surface area contributed by atoms with Crippen molar-refractivity contribution in [3.8, 4) is 0 Å². The zero-order chi connectivity index (χ0) is 15.1. The average Bonchev–Trinajstić information content (AvgIpc) is 2.41. The third-order valence-electron chi connectivity index (χ3n) is 2.23. The van der Waals surface area contributed by atoms with Gasteiger partial charge in [0.1, 0.15) is 0 Å². The standard InChI is InChI=1S/C12H16N4O4/c1-7-5-8(2)14-12(13-7)16-15-9(11(18)20-4)6-10(17)19-3/h5H,6H2,1-4H3,(H,13,14,16)/b15-9+. The molecule has 0 aromatic carbocycles. The first-order valence-electron chi connectivity index (χ1n) is 5.76. The summed E-state index contributed by atoms with van der Waals surface area (Å²) in [5.41, 5.74) is 3.91. The van der Waals surface area contributed by atoms with Crippen molar-refractivity contribution >= 4 is 23.6 Å². The van der Waals surface area contributed by atoms with Crippen molar-refractivity contribution in [1.82, 2.24) is 9.97 Å². The predicted octanol–water partition coefficient (Wildman–Crippen LogP) is 0.597. The van der Waals surface area contributed by atoms with Gasteiger partial charge in [0, 0.05) is 11.4 Å². The monoisotopic (exact) mass is 280 g/mol. The lowest BCUT2D eigenvalue weighted by molar-refractivity contribution is -0.140. The Morgan fingerprint density at radius 1 is 1.20 bits per heavy atom. The number of anilines is 1. The summed E-state index contributed by atoms with van der Waals surface area (Å²) in [5, 5.41) is 3.80. The molecule has 8 nitrogen and oxygen atoms in total. The van der Waals surface area contributed by atoms with Gasteiger partial charge < -0.3 is 9.47 Å². The van der Waals surface area contributed by atoms with E-state index >= 15 is 0 Å². The molecule has 1 heterocycles. The van der Waals surface area contributed by atoms with E-state index in [9.17, 15) is 9.59 Å². The molecule has 1 N–H and O–H groups in total. The highest BCUT2D eigenvalue weighted by Crippen LogP contribution is 2.04. The predicted molar refractivity (Wildman–Crippen MR) is 71.2 cm³/mol. The molecule has 20 heavy (non-hydrogen) atoms. The number of aryl methyl sites for hydroxylation is 2. The Kier molecular flexibility index (Phi) is 5.57. The average molecular weight is 280 g/mol. The van der Waals surface area contributed by atoms with Crippen LogP contribution in [0.1, 0.15) is 17.8 Å². The molecule has 8 heteroatoms. The van der Waals surface area contributed by atoms with Gasteiger partial charge in [0.15, 0.2) is 5.71 Å². The highest BCUT2D eigenvalue weighted by atomic mass is 16.5. The van der Waals surface area contributed by atoms with E-state index in [1.54, 1.807) is 19.9 Å². The Morgan fingerprint density at radius 3 is 2.30 bits per heavy atom. The number of hydrazone groups is 1. The van der Waals surface area contributed by atoms with Gasteiger partial charge in [-0.1, -0.05) is 0 Å². The van der Waals surface area contributed by atoms with Crippen molar-refractivity contribution in [2.75, 3.05) is 19.6 Å². The van der Waals surface area contributed by atoms with Crippen LogP contribution < -0.4 is 5.43 Å². The number of rotatable bonds is 5. The molecule has 0 spiro atoms. The lowest BCUT2D eigenvalue weighted by Gasteiger charge is -2.05. The molecule has 1 rings (SSSR count). The summed E-state index contributed by atoms with van der Waals surface area (Å²) >= 11 is 0. The Bertz CT molecular complexity index is 522. The van der Waals surface area contributed by atoms with Gasteiger partial charge in [0.25, 0.3) is 0 Å². The van der Waals surface area contributed by atoms with Crippen LogP contribution in [0.5, 0.6) is 0 Å². The van der Waals surface area contributed by atoms with Crippen LogP contribution >= 0.6 is 0 Å². The van der Waals surface area contributed by atoms with Gasteiger partial charge in [-0.3, -0.25) is 4.79 Å². The second kappa shape index (κ2) is 7.17. The molecule has 0 saturated carbocycles. The van der Waals surface area contributed by atoms with Crippen LogP contribution in [-0.4, -0.2) is 41.8 Å². The maximum absolute atomic E-state index is 11.5. The van der Waals surface area contributed by atoms with E-state index in [2.05, 4.69) is 30.0 Å². The van der Waals surface area contributed by atoms with E-state index in [1.165, 1.54) is 14.2 Å². The Labute approximate surface area is 116 Å². The maximum atomic E-state index is 11.5. The number of hydrogen-bond acceptors (Lipinski definition) is 8. The summed E-state index contributed by atoms with van der Waals surface area (Å²) in [6.45, 7) is 3.61. The van der Waals surface area contributed by atoms with Crippen molar-refractivity contribution in [1.29, 1.82) is 0 Å². The summed E-state index contributed by atoms with van der Waals surface area (Å²) in [5.74, 6) is -1.10. The molecule has 0 unspecified atom stereocenters. The van der Waals surface area contributed by atoms with Crippen LogP contribution in [0.3, 0.4) is 0 Å². The maximum Gasteiger partial charge on any atom is 0.354 e. The topological polar surface area (TPSA) is 103 Å². The highest BCUT2D eigenvalue weighted by Gasteiger charge is 2.17. The normalized spacial score (nSPS) is 10.9. The fourth-order valence-electron chi connectivity index (χ4n) is 1.38. The molecule has 0 radical (unpaired) electrons. The lowest BCUT2D eigenvalue weighted by Crippen LogP contribution is -2.22. The van der Waals surface area contributed by atoms with E-state index < -0.39 is 11.9 Å². The Hall–Kier alpha value is -2.51. The van der Waals surface area contributed by atoms with E-state index in [0.717, 1.165) is 11.4 Å². The summed E-state index contributed by atoms with van der Waals surface area (Å²) < 4.78 is 9.01. The summed E-state index contributed by atoms with van der Waals surface area (Å²) in [7, 11) is 2.42. The fourth-order valence-corrected chi connectivity index (χ4v) is 1.38. The largest absolute Gasteiger partial charge is 0.469 e. The first-order valence-corrected chi connectivity index (χ1v) is 5.76. The third-order valence-corrected chi connectivity index (χ3v) is 2.23. The van der Waals surface area contributed by atoms with Gasteiger partial charge in [-0.05, 0) is 19.9 Å². The number of methoxy groups -OCH3 is 2. The quantitative estimate of drug-likeness (QED) is 0.478. The highest BCUT2D eigenvalue weighted by molar-refractivity contribution is 6.39. The zero-order valence-electron chi connectivity index (χ0n) is 11.8. The fraction of sp³-hybridized carbons (Fsp3) is 0.417. The van der Waals surface area contributed by atoms with Gasteiger partial charge in [-0.25, -0.2) is 20.2 Å².